The molecule has 1 aliphatic rings. The lowest BCUT2D eigenvalue weighted by Gasteiger charge is -2.29. The zero-order valence-electron chi connectivity index (χ0n) is 17.5. The van der Waals surface area contributed by atoms with Gasteiger partial charge in [0.1, 0.15) is 0 Å². The molecule has 0 saturated carbocycles. The molecule has 0 aliphatic carbocycles. The van der Waals surface area contributed by atoms with Crippen LogP contribution in [0, 0.1) is 6.92 Å². The van der Waals surface area contributed by atoms with Gasteiger partial charge in [0.2, 0.25) is 5.91 Å². The third-order valence-corrected chi connectivity index (χ3v) is 6.52. The van der Waals surface area contributed by atoms with Gasteiger partial charge in [-0.2, -0.15) is 0 Å². The second kappa shape index (κ2) is 8.43. The number of nitrogens with zero attached hydrogens (tertiary/aromatic N) is 1. The van der Waals surface area contributed by atoms with E-state index in [1.165, 1.54) is 11.8 Å². The molecule has 32 heavy (non-hydrogen) atoms. The third kappa shape index (κ3) is 3.94. The van der Waals surface area contributed by atoms with Crippen molar-refractivity contribution in [2.75, 3.05) is 21.3 Å². The van der Waals surface area contributed by atoms with Crippen molar-refractivity contribution in [3.05, 3.63) is 84.1 Å². The lowest BCUT2D eigenvalue weighted by molar-refractivity contribution is -0.116. The fraction of sp³-hybridized carbons (Fsp3) is 0.120. The molecule has 0 saturated heterocycles. The van der Waals surface area contributed by atoms with Crippen molar-refractivity contribution < 1.29 is 9.59 Å². The first-order chi connectivity index (χ1) is 15.6. The van der Waals surface area contributed by atoms with Gasteiger partial charge in [0.05, 0.1) is 23.7 Å². The van der Waals surface area contributed by atoms with Crippen molar-refractivity contribution in [1.29, 1.82) is 0 Å². The number of aromatic amines is 1. The van der Waals surface area contributed by atoms with Crippen LogP contribution in [0.15, 0.2) is 77.7 Å². The number of urea groups is 1. The minimum absolute atomic E-state index is 0.0578. The Morgan fingerprint density at radius 2 is 1.81 bits per heavy atom. The molecule has 0 bridgehead atoms. The van der Waals surface area contributed by atoms with Crippen molar-refractivity contribution in [2.45, 2.75) is 18.4 Å². The van der Waals surface area contributed by atoms with Crippen LogP contribution in [-0.2, 0) is 11.3 Å². The summed E-state index contributed by atoms with van der Waals surface area (Å²) < 4.78 is 0. The van der Waals surface area contributed by atoms with E-state index in [0.29, 0.717) is 18.0 Å². The number of H-pyrrole nitrogens is 1. The first kappa shape index (κ1) is 20.2. The maximum absolute atomic E-state index is 12.8. The Kier molecular flexibility index (Phi) is 5.33. The monoisotopic (exact) mass is 442 g/mol. The number of carbonyl (C=O) groups excluding carboxylic acids is 2. The summed E-state index contributed by atoms with van der Waals surface area (Å²) in [5.74, 6) is 0.467. The number of thioether (sulfide) groups is 1. The molecule has 7 heteroatoms. The number of fused-ring (bicyclic) bond motifs is 2. The number of amides is 3. The lowest BCUT2D eigenvalue weighted by atomic mass is 10.2. The summed E-state index contributed by atoms with van der Waals surface area (Å²) in [6.07, 6.45) is 0. The average Bonchev–Trinajstić information content (AvgIpc) is 3.11. The summed E-state index contributed by atoms with van der Waals surface area (Å²) >= 11 is 1.52. The Morgan fingerprint density at radius 1 is 1.03 bits per heavy atom. The number of hydrogen-bond acceptors (Lipinski definition) is 3. The minimum atomic E-state index is -0.331. The van der Waals surface area contributed by atoms with Gasteiger partial charge in [0, 0.05) is 27.2 Å². The number of carbonyl (C=O) groups is 2. The Labute approximate surface area is 190 Å². The average molecular weight is 443 g/mol. The molecule has 160 valence electrons. The molecule has 4 aromatic rings. The molecule has 0 fully saturated rings. The molecule has 1 aromatic heterocycles. The van der Waals surface area contributed by atoms with Gasteiger partial charge in [0.15, 0.2) is 0 Å². The predicted octanol–water partition coefficient (Wildman–Crippen LogP) is 5.76. The highest BCUT2D eigenvalue weighted by Crippen LogP contribution is 2.38. The predicted molar refractivity (Wildman–Crippen MR) is 130 cm³/mol. The van der Waals surface area contributed by atoms with Gasteiger partial charge >= 0.3 is 6.03 Å². The van der Waals surface area contributed by atoms with Crippen molar-refractivity contribution in [3.8, 4) is 0 Å². The van der Waals surface area contributed by atoms with E-state index < -0.39 is 0 Å². The van der Waals surface area contributed by atoms with E-state index in [1.807, 2.05) is 79.7 Å². The smallest absolute Gasteiger partial charge is 0.323 e. The van der Waals surface area contributed by atoms with Crippen LogP contribution in [0.1, 0.15) is 11.3 Å². The van der Waals surface area contributed by atoms with Crippen LogP contribution in [-0.4, -0.2) is 22.7 Å². The molecule has 0 unspecified atom stereocenters. The SMILES string of the molecule is Cc1[nH]c2ccccc2c1NC(=O)Nc1ccc2c(c1)N(Cc1ccccc1)C(=O)CS2. The normalized spacial score (nSPS) is 13.2. The van der Waals surface area contributed by atoms with E-state index in [9.17, 15) is 9.59 Å². The summed E-state index contributed by atoms with van der Waals surface area (Å²) in [4.78, 5) is 31.5. The maximum Gasteiger partial charge on any atom is 0.323 e. The molecule has 0 atom stereocenters. The van der Waals surface area contributed by atoms with Crippen LogP contribution in [0.2, 0.25) is 0 Å². The van der Waals surface area contributed by atoms with Crippen molar-refractivity contribution >= 4 is 51.7 Å². The highest BCUT2D eigenvalue weighted by atomic mass is 32.2. The highest BCUT2D eigenvalue weighted by molar-refractivity contribution is 8.00. The summed E-state index contributed by atoms with van der Waals surface area (Å²) in [6.45, 7) is 2.43. The number of anilines is 3. The first-order valence-electron chi connectivity index (χ1n) is 10.3. The van der Waals surface area contributed by atoms with E-state index in [4.69, 9.17) is 0 Å². The number of hydrogen-bond donors (Lipinski definition) is 3. The zero-order valence-corrected chi connectivity index (χ0v) is 18.3. The van der Waals surface area contributed by atoms with Gasteiger partial charge < -0.3 is 20.5 Å². The molecule has 6 nitrogen and oxygen atoms in total. The third-order valence-electron chi connectivity index (χ3n) is 5.48. The van der Waals surface area contributed by atoms with E-state index in [2.05, 4.69) is 15.6 Å². The molecular weight excluding hydrogens is 420 g/mol. The van der Waals surface area contributed by atoms with Crippen molar-refractivity contribution in [2.24, 2.45) is 0 Å². The number of aromatic nitrogens is 1. The molecule has 5 rings (SSSR count). The molecule has 3 aromatic carbocycles. The van der Waals surface area contributed by atoms with Crippen LogP contribution >= 0.6 is 11.8 Å². The Bertz CT molecular complexity index is 1320. The van der Waals surface area contributed by atoms with Gasteiger partial charge in [-0.05, 0) is 36.8 Å². The first-order valence-corrected chi connectivity index (χ1v) is 11.3. The molecule has 3 amide bonds. The number of nitrogens with one attached hydrogen (secondary N) is 3. The lowest BCUT2D eigenvalue weighted by Crippen LogP contribution is -2.34. The molecule has 2 heterocycles. The second-order valence-electron chi connectivity index (χ2n) is 7.69. The number of para-hydroxylation sites is 1. The highest BCUT2D eigenvalue weighted by Gasteiger charge is 2.25. The van der Waals surface area contributed by atoms with E-state index in [0.717, 1.165) is 38.4 Å². The van der Waals surface area contributed by atoms with Gasteiger partial charge in [-0.15, -0.1) is 11.8 Å². The molecule has 1 aliphatic heterocycles. The summed E-state index contributed by atoms with van der Waals surface area (Å²) in [5.41, 5.74) is 5.13. The second-order valence-corrected chi connectivity index (χ2v) is 8.70. The summed E-state index contributed by atoms with van der Waals surface area (Å²) in [7, 11) is 0. The van der Waals surface area contributed by atoms with Crippen LogP contribution in [0.3, 0.4) is 0 Å². The number of aryl methyl sites for hydroxylation is 1. The van der Waals surface area contributed by atoms with E-state index in [-0.39, 0.29) is 11.9 Å². The molecule has 0 radical (unpaired) electrons. The van der Waals surface area contributed by atoms with Crippen molar-refractivity contribution in [3.63, 3.8) is 0 Å². The Hall–Kier alpha value is -3.71. The van der Waals surface area contributed by atoms with Crippen LogP contribution in [0.25, 0.3) is 10.9 Å². The van der Waals surface area contributed by atoms with Gasteiger partial charge in [-0.3, -0.25) is 4.79 Å². The van der Waals surface area contributed by atoms with Gasteiger partial charge in [-0.1, -0.05) is 48.5 Å². The van der Waals surface area contributed by atoms with Crippen LogP contribution in [0.5, 0.6) is 0 Å². The molecule has 3 N–H and O–H groups in total. The zero-order chi connectivity index (χ0) is 22.1. The van der Waals surface area contributed by atoms with Crippen LogP contribution < -0.4 is 15.5 Å². The topological polar surface area (TPSA) is 77.2 Å². The van der Waals surface area contributed by atoms with Crippen molar-refractivity contribution in [1.82, 2.24) is 4.98 Å². The number of rotatable bonds is 4. The Morgan fingerprint density at radius 3 is 2.66 bits per heavy atom. The van der Waals surface area contributed by atoms with E-state index >= 15 is 0 Å². The fourth-order valence-electron chi connectivity index (χ4n) is 3.93. The molecule has 0 spiro atoms. The summed E-state index contributed by atoms with van der Waals surface area (Å²) in [6, 6.07) is 23.1. The van der Waals surface area contributed by atoms with Gasteiger partial charge in [-0.25, -0.2) is 4.79 Å². The fourth-order valence-corrected chi connectivity index (χ4v) is 4.85. The van der Waals surface area contributed by atoms with E-state index in [1.54, 1.807) is 4.90 Å². The Balaban J connectivity index is 1.37. The molecular formula is C25H22N4O2S. The van der Waals surface area contributed by atoms with Crippen LogP contribution in [0.4, 0.5) is 21.9 Å². The largest absolute Gasteiger partial charge is 0.357 e. The standard InChI is InChI=1S/C25H22N4O2S/c1-16-24(19-9-5-6-10-20(19)26-16)28-25(31)27-18-11-12-22-21(13-18)29(23(30)15-32-22)14-17-7-3-2-4-8-17/h2-13,26H,14-15H2,1H3,(H2,27,28,31). The summed E-state index contributed by atoms with van der Waals surface area (Å²) in [5, 5.41) is 6.82. The maximum atomic E-state index is 12.8. The quantitative estimate of drug-likeness (QED) is 0.376. The van der Waals surface area contributed by atoms with Gasteiger partial charge in [0.25, 0.3) is 0 Å². The number of benzene rings is 3. The minimum Gasteiger partial charge on any atom is -0.357 e.